The molecule has 9 heteroatoms. The van der Waals surface area contributed by atoms with Crippen molar-refractivity contribution >= 4 is 23.2 Å². The molecule has 114 valence electrons. The zero-order valence-electron chi connectivity index (χ0n) is 11.6. The van der Waals surface area contributed by atoms with Gasteiger partial charge in [-0.1, -0.05) is 0 Å². The first-order valence-electron chi connectivity index (χ1n) is 5.95. The van der Waals surface area contributed by atoms with Gasteiger partial charge >= 0.3 is 0 Å². The van der Waals surface area contributed by atoms with Crippen LogP contribution in [0.4, 0.5) is 11.4 Å². The zero-order valence-corrected chi connectivity index (χ0v) is 11.6. The van der Waals surface area contributed by atoms with Crippen molar-refractivity contribution in [2.75, 3.05) is 26.0 Å². The molecule has 1 atom stereocenters. The highest BCUT2D eigenvalue weighted by atomic mass is 16.6. The Labute approximate surface area is 120 Å². The highest BCUT2D eigenvalue weighted by Crippen LogP contribution is 2.25. The van der Waals surface area contributed by atoms with Crippen LogP contribution in [0.5, 0.6) is 0 Å². The predicted octanol–water partition coefficient (Wildman–Crippen LogP) is -0.445. The number of carbonyl (C=O) groups is 2. The average Bonchev–Trinajstić information content (AvgIpc) is 2.42. The fourth-order valence-corrected chi connectivity index (χ4v) is 1.54. The summed E-state index contributed by atoms with van der Waals surface area (Å²) >= 11 is 0. The molecule has 0 aromatic heterocycles. The van der Waals surface area contributed by atoms with Crippen molar-refractivity contribution < 1.29 is 19.6 Å². The lowest BCUT2D eigenvalue weighted by molar-refractivity contribution is -0.384. The molecule has 0 bridgehead atoms. The molecule has 0 fully saturated rings. The summed E-state index contributed by atoms with van der Waals surface area (Å²) in [4.78, 5) is 34.2. The van der Waals surface area contributed by atoms with Gasteiger partial charge in [0.1, 0.15) is 11.8 Å². The third-order valence-electron chi connectivity index (χ3n) is 2.66. The maximum atomic E-state index is 11.8. The molecule has 1 aromatic rings. The van der Waals surface area contributed by atoms with Crippen molar-refractivity contribution in [1.82, 2.24) is 4.90 Å². The second-order valence-electron chi connectivity index (χ2n) is 4.49. The van der Waals surface area contributed by atoms with Gasteiger partial charge in [0.2, 0.25) is 5.91 Å². The van der Waals surface area contributed by atoms with Crippen molar-refractivity contribution in [3.05, 3.63) is 33.9 Å². The number of rotatable bonds is 6. The molecule has 0 aliphatic heterocycles. The van der Waals surface area contributed by atoms with E-state index in [0.717, 1.165) is 0 Å². The van der Waals surface area contributed by atoms with Gasteiger partial charge in [-0.05, 0) is 12.1 Å². The van der Waals surface area contributed by atoms with Crippen molar-refractivity contribution in [1.29, 1.82) is 0 Å². The molecule has 21 heavy (non-hydrogen) atoms. The number of primary amides is 1. The Hall–Kier alpha value is -2.68. The zero-order chi connectivity index (χ0) is 16.2. The van der Waals surface area contributed by atoms with Gasteiger partial charge in [0.25, 0.3) is 11.6 Å². The molecular formula is C12H16N4O5. The lowest BCUT2D eigenvalue weighted by atomic mass is 10.1. The molecule has 9 nitrogen and oxygen atoms in total. The molecule has 0 aliphatic carbocycles. The highest BCUT2D eigenvalue weighted by Gasteiger charge is 2.19. The number of nitrogens with zero attached hydrogens (tertiary/aromatic N) is 2. The van der Waals surface area contributed by atoms with E-state index in [0.29, 0.717) is 0 Å². The largest absolute Gasteiger partial charge is 0.381 e. The molecule has 1 unspecified atom stereocenters. The molecule has 0 heterocycles. The summed E-state index contributed by atoms with van der Waals surface area (Å²) in [5.74, 6) is -1.28. The first kappa shape index (κ1) is 16.4. The molecule has 4 N–H and O–H groups in total. The number of hydrogen-bond acceptors (Lipinski definition) is 6. The van der Waals surface area contributed by atoms with Gasteiger partial charge in [-0.25, -0.2) is 0 Å². The van der Waals surface area contributed by atoms with Gasteiger partial charge in [-0.3, -0.25) is 19.7 Å². The second-order valence-corrected chi connectivity index (χ2v) is 4.49. The third-order valence-corrected chi connectivity index (χ3v) is 2.66. The summed E-state index contributed by atoms with van der Waals surface area (Å²) in [5, 5.41) is 22.8. The number of nitrogens with two attached hydrogens (primary N) is 1. The number of hydrogen-bond donors (Lipinski definition) is 3. The molecule has 1 aromatic carbocycles. The van der Waals surface area contributed by atoms with E-state index < -0.39 is 16.9 Å². The van der Waals surface area contributed by atoms with E-state index in [2.05, 4.69) is 5.32 Å². The van der Waals surface area contributed by atoms with Crippen LogP contribution < -0.4 is 11.1 Å². The van der Waals surface area contributed by atoms with E-state index in [1.165, 1.54) is 23.1 Å². The van der Waals surface area contributed by atoms with E-state index in [4.69, 9.17) is 5.73 Å². The maximum absolute atomic E-state index is 11.8. The van der Waals surface area contributed by atoms with Crippen LogP contribution in [-0.2, 0) is 4.79 Å². The molecule has 0 aliphatic rings. The first-order valence-corrected chi connectivity index (χ1v) is 5.95. The van der Waals surface area contributed by atoms with Gasteiger partial charge in [0.05, 0.1) is 11.5 Å². The monoisotopic (exact) mass is 296 g/mol. The van der Waals surface area contributed by atoms with Crippen molar-refractivity contribution in [2.45, 2.75) is 6.10 Å². The molecule has 0 saturated heterocycles. The fraction of sp³-hybridized carbons (Fsp3) is 0.333. The van der Waals surface area contributed by atoms with E-state index in [1.807, 2.05) is 0 Å². The van der Waals surface area contributed by atoms with Crippen molar-refractivity contribution in [3.8, 4) is 0 Å². The summed E-state index contributed by atoms with van der Waals surface area (Å²) in [5.41, 5.74) is 4.88. The summed E-state index contributed by atoms with van der Waals surface area (Å²) in [6.45, 7) is -0.296. The summed E-state index contributed by atoms with van der Waals surface area (Å²) < 4.78 is 0. The Morgan fingerprint density at radius 3 is 2.57 bits per heavy atom. The summed E-state index contributed by atoms with van der Waals surface area (Å²) in [6, 6.07) is 3.79. The minimum absolute atomic E-state index is 0.0213. The fourth-order valence-electron chi connectivity index (χ4n) is 1.54. The van der Waals surface area contributed by atoms with E-state index in [1.54, 1.807) is 14.1 Å². The molecule has 2 amide bonds. The van der Waals surface area contributed by atoms with E-state index in [9.17, 15) is 24.8 Å². The standard InChI is InChI=1S/C12H16N4O5/c1-15(2)12(19)7-3-4-9(16(20)21)8(5-7)14-6-10(17)11(13)18/h3-5,10,14,17H,6H2,1-2H3,(H2,13,18). The SMILES string of the molecule is CN(C)C(=O)c1ccc([N+](=O)[O-])c(NCC(O)C(N)=O)c1. The predicted molar refractivity (Wildman–Crippen MR) is 74.8 cm³/mol. The minimum Gasteiger partial charge on any atom is -0.381 e. The normalized spacial score (nSPS) is 11.6. The van der Waals surface area contributed by atoms with Gasteiger partial charge in [-0.15, -0.1) is 0 Å². The number of aliphatic hydroxyl groups is 1. The number of benzene rings is 1. The smallest absolute Gasteiger partial charge is 0.292 e. The molecular weight excluding hydrogens is 280 g/mol. The Kier molecular flexibility index (Phi) is 5.19. The second kappa shape index (κ2) is 6.66. The van der Waals surface area contributed by atoms with Gasteiger partial charge in [0, 0.05) is 25.7 Å². The lowest BCUT2D eigenvalue weighted by Crippen LogP contribution is -2.34. The Morgan fingerprint density at radius 1 is 1.48 bits per heavy atom. The van der Waals surface area contributed by atoms with Crippen LogP contribution in [0.3, 0.4) is 0 Å². The van der Waals surface area contributed by atoms with Gasteiger partial charge in [0.15, 0.2) is 0 Å². The number of anilines is 1. The Balaban J connectivity index is 3.07. The lowest BCUT2D eigenvalue weighted by Gasteiger charge is -2.13. The van der Waals surface area contributed by atoms with E-state index >= 15 is 0 Å². The number of nitro benzene ring substituents is 1. The Bertz CT molecular complexity index is 573. The Morgan fingerprint density at radius 2 is 2.10 bits per heavy atom. The minimum atomic E-state index is -1.49. The quantitative estimate of drug-likeness (QED) is 0.480. The van der Waals surface area contributed by atoms with Gasteiger partial charge < -0.3 is 21.1 Å². The molecule has 0 radical (unpaired) electrons. The number of nitrogens with one attached hydrogen (secondary N) is 1. The van der Waals surface area contributed by atoms with Crippen molar-refractivity contribution in [3.63, 3.8) is 0 Å². The average molecular weight is 296 g/mol. The molecule has 0 saturated carbocycles. The summed E-state index contributed by atoms with van der Waals surface area (Å²) in [7, 11) is 3.10. The van der Waals surface area contributed by atoms with Crippen LogP contribution >= 0.6 is 0 Å². The van der Waals surface area contributed by atoms with Crippen LogP contribution in [0.25, 0.3) is 0 Å². The van der Waals surface area contributed by atoms with E-state index in [-0.39, 0.29) is 29.4 Å². The number of aliphatic hydroxyl groups excluding tert-OH is 1. The highest BCUT2D eigenvalue weighted by molar-refractivity contribution is 5.95. The van der Waals surface area contributed by atoms with Crippen LogP contribution in [0.2, 0.25) is 0 Å². The molecule has 0 spiro atoms. The van der Waals surface area contributed by atoms with Crippen LogP contribution in [0, 0.1) is 10.1 Å². The van der Waals surface area contributed by atoms with Crippen LogP contribution in [0.15, 0.2) is 18.2 Å². The van der Waals surface area contributed by atoms with Crippen LogP contribution in [0.1, 0.15) is 10.4 Å². The topological polar surface area (TPSA) is 139 Å². The van der Waals surface area contributed by atoms with Gasteiger partial charge in [-0.2, -0.15) is 0 Å². The number of nitro groups is 1. The number of amides is 2. The maximum Gasteiger partial charge on any atom is 0.292 e. The third kappa shape index (κ3) is 4.14. The first-order chi connectivity index (χ1) is 9.73. The molecule has 1 rings (SSSR count). The van der Waals surface area contributed by atoms with Crippen molar-refractivity contribution in [2.24, 2.45) is 5.73 Å². The number of carbonyl (C=O) groups excluding carboxylic acids is 2. The van der Waals surface area contributed by atoms with Crippen LogP contribution in [-0.4, -0.2) is 53.5 Å². The summed E-state index contributed by atoms with van der Waals surface area (Å²) in [6.07, 6.45) is -1.49.